The molecule has 1 aromatic carbocycles. The van der Waals surface area contributed by atoms with E-state index in [2.05, 4.69) is 29.5 Å². The molecule has 1 aromatic heterocycles. The van der Waals surface area contributed by atoms with Crippen LogP contribution in [0, 0.1) is 26.7 Å². The third-order valence-electron chi connectivity index (χ3n) is 5.69. The lowest BCUT2D eigenvalue weighted by Crippen LogP contribution is -2.39. The number of amides is 2. The number of hydrogen-bond donors (Lipinski definition) is 1. The molecule has 2 amide bonds. The van der Waals surface area contributed by atoms with Crippen molar-refractivity contribution < 1.29 is 18.8 Å². The predicted molar refractivity (Wildman–Crippen MR) is 123 cm³/mol. The van der Waals surface area contributed by atoms with Crippen LogP contribution >= 0.6 is 0 Å². The van der Waals surface area contributed by atoms with Gasteiger partial charge in [-0.3, -0.25) is 9.59 Å². The zero-order valence-corrected chi connectivity index (χ0v) is 19.9. The van der Waals surface area contributed by atoms with Crippen LogP contribution in [-0.2, 0) is 9.53 Å². The maximum atomic E-state index is 13.2. The first-order chi connectivity index (χ1) is 15.2. The number of aryl methyl sites for hydroxylation is 3. The van der Waals surface area contributed by atoms with Gasteiger partial charge in [0.15, 0.2) is 11.5 Å². The Bertz CT molecular complexity index is 921. The van der Waals surface area contributed by atoms with Crippen molar-refractivity contribution in [3.63, 3.8) is 0 Å². The highest BCUT2D eigenvalue weighted by Crippen LogP contribution is 2.29. The number of rotatable bonds is 9. The number of hydrogen-bond acceptors (Lipinski definition) is 5. The van der Waals surface area contributed by atoms with E-state index in [1.54, 1.807) is 11.0 Å². The van der Waals surface area contributed by atoms with Crippen LogP contribution in [-0.4, -0.2) is 54.2 Å². The highest BCUT2D eigenvalue weighted by molar-refractivity contribution is 5.93. The second kappa shape index (κ2) is 10.8. The van der Waals surface area contributed by atoms with Crippen LogP contribution in [0.4, 0.5) is 0 Å². The van der Waals surface area contributed by atoms with Gasteiger partial charge in [0.2, 0.25) is 5.91 Å². The van der Waals surface area contributed by atoms with Gasteiger partial charge in [-0.15, -0.1) is 0 Å². The van der Waals surface area contributed by atoms with E-state index in [9.17, 15) is 9.59 Å². The molecule has 0 aliphatic carbocycles. The number of nitrogens with one attached hydrogen (secondary N) is 1. The van der Waals surface area contributed by atoms with Gasteiger partial charge in [-0.25, -0.2) is 0 Å². The van der Waals surface area contributed by atoms with Gasteiger partial charge in [0.1, 0.15) is 0 Å². The van der Waals surface area contributed by atoms with E-state index in [0.717, 1.165) is 36.1 Å². The minimum Gasteiger partial charge on any atom is -0.376 e. The van der Waals surface area contributed by atoms with Crippen LogP contribution in [0.5, 0.6) is 0 Å². The Balaban J connectivity index is 1.66. The lowest BCUT2D eigenvalue weighted by Gasteiger charge is -2.23. The first kappa shape index (κ1) is 24.0. The maximum absolute atomic E-state index is 13.2. The van der Waals surface area contributed by atoms with Gasteiger partial charge in [-0.05, 0) is 50.7 Å². The van der Waals surface area contributed by atoms with Crippen LogP contribution in [0.1, 0.15) is 60.3 Å². The van der Waals surface area contributed by atoms with Crippen molar-refractivity contribution in [2.45, 2.75) is 60.0 Å². The van der Waals surface area contributed by atoms with Crippen molar-refractivity contribution in [3.8, 4) is 11.3 Å². The molecule has 7 heteroatoms. The number of nitrogens with zero attached hydrogens (tertiary/aromatic N) is 2. The van der Waals surface area contributed by atoms with E-state index in [0.29, 0.717) is 25.4 Å². The third kappa shape index (κ3) is 6.19. The fourth-order valence-electron chi connectivity index (χ4n) is 4.30. The summed E-state index contributed by atoms with van der Waals surface area (Å²) in [6.45, 7) is 12.4. The van der Waals surface area contributed by atoms with E-state index in [1.165, 1.54) is 5.56 Å². The quantitative estimate of drug-likeness (QED) is 0.635. The van der Waals surface area contributed by atoms with Gasteiger partial charge >= 0.3 is 0 Å². The fourth-order valence-corrected chi connectivity index (χ4v) is 4.30. The van der Waals surface area contributed by atoms with Crippen LogP contribution in [0.25, 0.3) is 11.3 Å². The minimum atomic E-state index is -0.219. The Kier molecular flexibility index (Phi) is 8.07. The van der Waals surface area contributed by atoms with E-state index in [4.69, 9.17) is 9.26 Å². The number of benzene rings is 1. The summed E-state index contributed by atoms with van der Waals surface area (Å²) in [5.41, 5.74) is 4.57. The normalized spacial score (nSPS) is 15.9. The summed E-state index contributed by atoms with van der Waals surface area (Å²) >= 11 is 0. The van der Waals surface area contributed by atoms with E-state index >= 15 is 0 Å². The number of carbonyl (C=O) groups is 2. The summed E-state index contributed by atoms with van der Waals surface area (Å²) in [6, 6.07) is 5.89. The maximum Gasteiger partial charge on any atom is 0.276 e. The molecule has 7 nitrogen and oxygen atoms in total. The third-order valence-corrected chi connectivity index (χ3v) is 5.69. The molecule has 0 bridgehead atoms. The Morgan fingerprint density at radius 2 is 1.91 bits per heavy atom. The van der Waals surface area contributed by atoms with Gasteiger partial charge < -0.3 is 19.5 Å². The van der Waals surface area contributed by atoms with Crippen molar-refractivity contribution in [1.82, 2.24) is 15.4 Å². The first-order valence-corrected chi connectivity index (χ1v) is 11.5. The molecule has 3 rings (SSSR count). The summed E-state index contributed by atoms with van der Waals surface area (Å²) in [7, 11) is 0. The summed E-state index contributed by atoms with van der Waals surface area (Å²) < 4.78 is 11.1. The second-order valence-corrected chi connectivity index (χ2v) is 9.18. The molecule has 0 saturated carbocycles. The summed E-state index contributed by atoms with van der Waals surface area (Å²) in [6.07, 6.45) is 2.37. The highest BCUT2D eigenvalue weighted by atomic mass is 16.5. The smallest absolute Gasteiger partial charge is 0.276 e. The van der Waals surface area contributed by atoms with Crippen molar-refractivity contribution in [3.05, 3.63) is 40.6 Å². The first-order valence-electron chi connectivity index (χ1n) is 11.5. The van der Waals surface area contributed by atoms with Gasteiger partial charge in [0.25, 0.3) is 5.91 Å². The molecule has 1 atom stereocenters. The monoisotopic (exact) mass is 441 g/mol. The SMILES string of the molecule is Cc1cc(C)c(-c2cc(C(=O)N(CCC(=O)NCC3CCCO3)CC(C)C)no2)c(C)c1. The zero-order valence-electron chi connectivity index (χ0n) is 19.9. The molecule has 1 aliphatic heterocycles. The van der Waals surface area contributed by atoms with Gasteiger partial charge in [-0.2, -0.15) is 0 Å². The molecule has 2 aromatic rings. The van der Waals surface area contributed by atoms with Gasteiger partial charge in [-0.1, -0.05) is 36.7 Å². The van der Waals surface area contributed by atoms with Crippen molar-refractivity contribution in [2.75, 3.05) is 26.2 Å². The van der Waals surface area contributed by atoms with Crippen LogP contribution < -0.4 is 5.32 Å². The molecule has 1 aliphatic rings. The summed E-state index contributed by atoms with van der Waals surface area (Å²) in [4.78, 5) is 27.2. The van der Waals surface area contributed by atoms with E-state index in [-0.39, 0.29) is 36.0 Å². The zero-order chi connectivity index (χ0) is 23.3. The molecule has 1 unspecified atom stereocenters. The fraction of sp³-hybridized carbons (Fsp3) is 0.560. The lowest BCUT2D eigenvalue weighted by atomic mass is 9.98. The standard InChI is InChI=1S/C25H35N3O4/c1-16(2)15-28(9-8-23(29)26-14-20-7-6-10-31-20)25(30)21-13-22(32-27-21)24-18(4)11-17(3)12-19(24)5/h11-13,16,20H,6-10,14-15H2,1-5H3,(H,26,29). The number of aromatic nitrogens is 1. The molecule has 1 N–H and O–H groups in total. The molecular formula is C25H35N3O4. The molecule has 0 spiro atoms. The van der Waals surface area contributed by atoms with Crippen molar-refractivity contribution >= 4 is 11.8 Å². The van der Waals surface area contributed by atoms with Crippen molar-refractivity contribution in [2.24, 2.45) is 5.92 Å². The topological polar surface area (TPSA) is 84.7 Å². The average Bonchev–Trinajstić information content (AvgIpc) is 3.40. The van der Waals surface area contributed by atoms with E-state index < -0.39 is 0 Å². The minimum absolute atomic E-state index is 0.0752. The van der Waals surface area contributed by atoms with Crippen LogP contribution in [0.3, 0.4) is 0 Å². The Morgan fingerprint density at radius 1 is 1.19 bits per heavy atom. The summed E-state index contributed by atoms with van der Waals surface area (Å²) in [5.74, 6) is 0.556. The molecular weight excluding hydrogens is 406 g/mol. The number of carbonyl (C=O) groups excluding carboxylic acids is 2. The molecule has 2 heterocycles. The number of ether oxygens (including phenoxy) is 1. The van der Waals surface area contributed by atoms with Gasteiger partial charge in [0.05, 0.1) is 6.10 Å². The average molecular weight is 442 g/mol. The molecule has 1 saturated heterocycles. The molecule has 0 radical (unpaired) electrons. The second-order valence-electron chi connectivity index (χ2n) is 9.18. The summed E-state index contributed by atoms with van der Waals surface area (Å²) in [5, 5.41) is 6.98. The van der Waals surface area contributed by atoms with Crippen LogP contribution in [0.15, 0.2) is 22.7 Å². The highest BCUT2D eigenvalue weighted by Gasteiger charge is 2.23. The van der Waals surface area contributed by atoms with Crippen LogP contribution in [0.2, 0.25) is 0 Å². The van der Waals surface area contributed by atoms with Crippen molar-refractivity contribution in [1.29, 1.82) is 0 Å². The Labute approximate surface area is 190 Å². The van der Waals surface area contributed by atoms with Gasteiger partial charge in [0, 0.05) is 44.3 Å². The Hall–Kier alpha value is -2.67. The Morgan fingerprint density at radius 3 is 2.53 bits per heavy atom. The predicted octanol–water partition coefficient (Wildman–Crippen LogP) is 4.05. The van der Waals surface area contributed by atoms with E-state index in [1.807, 2.05) is 27.7 Å². The molecule has 32 heavy (non-hydrogen) atoms. The lowest BCUT2D eigenvalue weighted by molar-refractivity contribution is -0.121. The largest absolute Gasteiger partial charge is 0.376 e. The molecule has 1 fully saturated rings. The molecule has 174 valence electrons.